The molecule has 3 aromatic rings. The molecular formula is C37H53N2O2+. The van der Waals surface area contributed by atoms with Gasteiger partial charge >= 0.3 is 5.91 Å². The Morgan fingerprint density at radius 1 is 0.707 bits per heavy atom. The maximum absolute atomic E-state index is 13.9. The lowest BCUT2D eigenvalue weighted by atomic mass is 10.1. The number of unbranched alkanes of at least 4 members (excludes halogenated alkanes) is 11. The van der Waals surface area contributed by atoms with Gasteiger partial charge in [0.1, 0.15) is 12.3 Å². The van der Waals surface area contributed by atoms with Crippen molar-refractivity contribution in [2.75, 3.05) is 11.5 Å². The van der Waals surface area contributed by atoms with E-state index < -0.39 is 0 Å². The van der Waals surface area contributed by atoms with Crippen molar-refractivity contribution in [3.63, 3.8) is 0 Å². The second-order valence-corrected chi connectivity index (χ2v) is 11.3. The summed E-state index contributed by atoms with van der Waals surface area (Å²) in [7, 11) is 0. The second kappa shape index (κ2) is 19.1. The fraction of sp³-hybridized carbons (Fsp3) is 0.514. The highest BCUT2D eigenvalue weighted by Gasteiger charge is 2.26. The maximum atomic E-state index is 13.9. The number of nitrogens with zero attached hydrogens (tertiary/aromatic N) is 2. The number of amides is 1. The van der Waals surface area contributed by atoms with Gasteiger partial charge in [0.15, 0.2) is 6.20 Å². The Hall–Kier alpha value is -3.14. The quantitative estimate of drug-likeness (QED) is 0.102. The monoisotopic (exact) mass is 557 g/mol. The van der Waals surface area contributed by atoms with Crippen molar-refractivity contribution in [3.8, 4) is 5.75 Å². The van der Waals surface area contributed by atoms with Crippen LogP contribution < -0.4 is 14.2 Å². The van der Waals surface area contributed by atoms with E-state index in [4.69, 9.17) is 4.74 Å². The van der Waals surface area contributed by atoms with E-state index in [1.54, 1.807) is 0 Å². The largest absolute Gasteiger partial charge is 0.493 e. The third-order valence-electron chi connectivity index (χ3n) is 7.92. The van der Waals surface area contributed by atoms with Crippen LogP contribution in [-0.2, 0) is 13.1 Å². The number of para-hydroxylation sites is 1. The number of ether oxygens (including phenoxy) is 1. The van der Waals surface area contributed by atoms with Crippen LogP contribution in [0.2, 0.25) is 0 Å². The molecule has 0 aliphatic heterocycles. The maximum Gasteiger partial charge on any atom is 0.323 e. The minimum absolute atomic E-state index is 0.00691. The fourth-order valence-electron chi connectivity index (χ4n) is 5.42. The van der Waals surface area contributed by atoms with Gasteiger partial charge in [0.2, 0.25) is 0 Å². The van der Waals surface area contributed by atoms with Gasteiger partial charge in [-0.25, -0.2) is 0 Å². The third kappa shape index (κ3) is 11.0. The molecule has 0 unspecified atom stereocenters. The predicted molar refractivity (Wildman–Crippen MR) is 172 cm³/mol. The standard InChI is InChI=1S/C37H53N2O2/c1-4-6-7-8-9-10-11-12-13-14-15-21-30-41-36-27-22-23-33(32(36)3)31-39(34-24-17-16-18-25-34)37(40)35-26-19-20-29-38(35)28-5-2/h16-20,22-27,29H,4-15,21,28,30-31H2,1-3H3/q+1. The van der Waals surface area contributed by atoms with Crippen molar-refractivity contribution in [3.05, 3.63) is 89.7 Å². The molecule has 0 aliphatic carbocycles. The van der Waals surface area contributed by atoms with E-state index in [0.29, 0.717) is 12.2 Å². The summed E-state index contributed by atoms with van der Waals surface area (Å²) in [5.41, 5.74) is 3.81. The van der Waals surface area contributed by atoms with Gasteiger partial charge in [-0.05, 0) is 48.7 Å². The number of anilines is 1. The normalized spacial score (nSPS) is 11.0. The zero-order chi connectivity index (χ0) is 29.1. The van der Waals surface area contributed by atoms with Crippen LogP contribution in [0, 0.1) is 6.92 Å². The molecule has 3 rings (SSSR count). The number of carbonyl (C=O) groups excluding carboxylic acids is 1. The molecule has 0 radical (unpaired) electrons. The summed E-state index contributed by atoms with van der Waals surface area (Å²) in [6.07, 6.45) is 19.0. The minimum atomic E-state index is 0.00691. The minimum Gasteiger partial charge on any atom is -0.493 e. The lowest BCUT2D eigenvalue weighted by Crippen LogP contribution is -2.45. The highest BCUT2D eigenvalue weighted by atomic mass is 16.5. The van der Waals surface area contributed by atoms with Crippen molar-refractivity contribution in [1.82, 2.24) is 0 Å². The van der Waals surface area contributed by atoms with E-state index in [1.165, 1.54) is 70.6 Å². The van der Waals surface area contributed by atoms with Crippen molar-refractivity contribution in [2.45, 2.75) is 117 Å². The van der Waals surface area contributed by atoms with Gasteiger partial charge in [-0.2, -0.15) is 4.57 Å². The number of benzene rings is 2. The van der Waals surface area contributed by atoms with Crippen molar-refractivity contribution in [1.29, 1.82) is 0 Å². The Morgan fingerprint density at radius 3 is 2.00 bits per heavy atom. The van der Waals surface area contributed by atoms with Crippen LogP contribution in [0.3, 0.4) is 0 Å². The summed E-state index contributed by atoms with van der Waals surface area (Å²) < 4.78 is 8.30. The summed E-state index contributed by atoms with van der Waals surface area (Å²) in [5, 5.41) is 0. The molecule has 0 bridgehead atoms. The fourth-order valence-corrected chi connectivity index (χ4v) is 5.42. The van der Waals surface area contributed by atoms with Gasteiger partial charge in [0, 0.05) is 24.2 Å². The van der Waals surface area contributed by atoms with Crippen LogP contribution in [0.5, 0.6) is 5.75 Å². The molecule has 2 aromatic carbocycles. The van der Waals surface area contributed by atoms with Gasteiger partial charge in [0.25, 0.3) is 5.69 Å². The molecule has 0 atom stereocenters. The topological polar surface area (TPSA) is 33.4 Å². The molecule has 0 saturated heterocycles. The zero-order valence-electron chi connectivity index (χ0n) is 26.0. The van der Waals surface area contributed by atoms with E-state index >= 15 is 0 Å². The van der Waals surface area contributed by atoms with Gasteiger partial charge in [-0.1, -0.05) is 115 Å². The van der Waals surface area contributed by atoms with Crippen LogP contribution in [0.15, 0.2) is 72.9 Å². The SMILES string of the molecule is CCCCCCCCCCCCCCOc1cccc(CN(C(=O)c2cccc[n+]2CCC)c2ccccc2)c1C. The Balaban J connectivity index is 1.53. The molecule has 222 valence electrons. The first-order valence-corrected chi connectivity index (χ1v) is 16.2. The first kappa shape index (κ1) is 32.4. The van der Waals surface area contributed by atoms with Crippen LogP contribution in [-0.4, -0.2) is 12.5 Å². The molecule has 0 spiro atoms. The van der Waals surface area contributed by atoms with Gasteiger partial charge in [0.05, 0.1) is 13.2 Å². The van der Waals surface area contributed by atoms with Gasteiger partial charge in [-0.3, -0.25) is 9.69 Å². The number of aryl methyl sites for hydroxylation is 1. The van der Waals surface area contributed by atoms with Crippen LogP contribution in [0.25, 0.3) is 0 Å². The molecule has 4 nitrogen and oxygen atoms in total. The van der Waals surface area contributed by atoms with Gasteiger partial charge < -0.3 is 4.74 Å². The van der Waals surface area contributed by atoms with E-state index in [-0.39, 0.29) is 5.91 Å². The molecule has 4 heteroatoms. The summed E-state index contributed by atoms with van der Waals surface area (Å²) >= 11 is 0. The lowest BCUT2D eigenvalue weighted by Gasteiger charge is -2.23. The zero-order valence-corrected chi connectivity index (χ0v) is 26.0. The number of hydrogen-bond donors (Lipinski definition) is 0. The van der Waals surface area contributed by atoms with Crippen molar-refractivity contribution in [2.24, 2.45) is 0 Å². The van der Waals surface area contributed by atoms with E-state index in [9.17, 15) is 4.79 Å². The Labute approximate surface area is 249 Å². The molecule has 0 N–H and O–H groups in total. The molecule has 41 heavy (non-hydrogen) atoms. The number of rotatable bonds is 20. The van der Waals surface area contributed by atoms with Crippen LogP contribution in [0.1, 0.15) is 119 Å². The summed E-state index contributed by atoms with van der Waals surface area (Å²) in [4.78, 5) is 15.8. The van der Waals surface area contributed by atoms with E-state index in [1.807, 2.05) is 65.7 Å². The predicted octanol–water partition coefficient (Wildman–Crippen LogP) is 9.62. The Morgan fingerprint density at radius 2 is 1.34 bits per heavy atom. The number of aromatic nitrogens is 1. The second-order valence-electron chi connectivity index (χ2n) is 11.3. The van der Waals surface area contributed by atoms with Gasteiger partial charge in [-0.15, -0.1) is 0 Å². The van der Waals surface area contributed by atoms with Crippen LogP contribution in [0.4, 0.5) is 5.69 Å². The molecule has 0 aliphatic rings. The molecule has 0 fully saturated rings. The molecule has 1 heterocycles. The summed E-state index contributed by atoms with van der Waals surface area (Å²) in [5.74, 6) is 0.930. The Bertz CT molecular complexity index is 1140. The smallest absolute Gasteiger partial charge is 0.323 e. The average Bonchev–Trinajstić information content (AvgIpc) is 3.00. The van der Waals surface area contributed by atoms with E-state index in [2.05, 4.69) is 37.5 Å². The molecule has 1 aromatic heterocycles. The Kier molecular flexibility index (Phi) is 15.1. The highest BCUT2D eigenvalue weighted by molar-refractivity contribution is 6.03. The highest BCUT2D eigenvalue weighted by Crippen LogP contribution is 2.26. The third-order valence-corrected chi connectivity index (χ3v) is 7.92. The van der Waals surface area contributed by atoms with Crippen molar-refractivity contribution >= 4 is 11.6 Å². The molecule has 1 amide bonds. The first-order valence-electron chi connectivity index (χ1n) is 16.2. The number of hydrogen-bond acceptors (Lipinski definition) is 2. The lowest BCUT2D eigenvalue weighted by molar-refractivity contribution is -0.698. The summed E-state index contributed by atoms with van der Waals surface area (Å²) in [6, 6.07) is 22.1. The number of carbonyl (C=O) groups is 1. The molecule has 0 saturated carbocycles. The van der Waals surface area contributed by atoms with Crippen molar-refractivity contribution < 1.29 is 14.1 Å². The molecular weight excluding hydrogens is 504 g/mol. The summed E-state index contributed by atoms with van der Waals surface area (Å²) in [6.45, 7) is 8.57. The van der Waals surface area contributed by atoms with Crippen LogP contribution >= 0.6 is 0 Å². The van der Waals surface area contributed by atoms with E-state index in [0.717, 1.165) is 48.6 Å². The average molecular weight is 558 g/mol. The first-order chi connectivity index (χ1) is 20.2. The number of pyridine rings is 1.